The van der Waals surface area contributed by atoms with Crippen LogP contribution in [0.3, 0.4) is 0 Å². The number of amides is 4. The van der Waals surface area contributed by atoms with Gasteiger partial charge >= 0.3 is 12.1 Å². The zero-order chi connectivity index (χ0) is 27.4. The SMILES string of the molecule is CCCSc1nc(N)c(N(C)C(=O)N(C)CCOC(=O)N(C)CCC)c(N(C=O)Cc2ccccc2)n1. The number of hydrogen-bond donors (Lipinski definition) is 1. The van der Waals surface area contributed by atoms with Crippen molar-refractivity contribution in [3.05, 3.63) is 35.9 Å². The van der Waals surface area contributed by atoms with Crippen LogP contribution in [0, 0.1) is 0 Å². The van der Waals surface area contributed by atoms with Crippen LogP contribution in [0.4, 0.5) is 26.9 Å². The van der Waals surface area contributed by atoms with Crippen molar-refractivity contribution in [2.45, 2.75) is 38.4 Å². The van der Waals surface area contributed by atoms with Crippen molar-refractivity contribution in [3.8, 4) is 0 Å². The number of carbonyl (C=O) groups is 3. The topological polar surface area (TPSA) is 125 Å². The molecule has 1 aromatic heterocycles. The maximum atomic E-state index is 13.3. The third-order valence-corrected chi connectivity index (χ3v) is 6.43. The minimum Gasteiger partial charge on any atom is -0.448 e. The van der Waals surface area contributed by atoms with E-state index in [9.17, 15) is 14.4 Å². The molecule has 0 radical (unpaired) electrons. The summed E-state index contributed by atoms with van der Waals surface area (Å²) >= 11 is 1.43. The summed E-state index contributed by atoms with van der Waals surface area (Å²) in [5.74, 6) is 1.10. The fourth-order valence-electron chi connectivity index (χ4n) is 3.42. The first-order chi connectivity index (χ1) is 17.7. The van der Waals surface area contributed by atoms with E-state index < -0.39 is 12.1 Å². The molecule has 2 aromatic rings. The standard InChI is InChI=1S/C25H37N7O4S/c1-6-13-30(4)25(35)36-15-14-29(3)24(34)31(5)20-21(26)27-23(37-16-7-2)28-22(20)32(18-33)17-19-11-9-8-10-12-19/h8-12,18H,6-7,13-17H2,1-5H3,(H2,26,27,28). The lowest BCUT2D eigenvalue weighted by atomic mass is 10.2. The molecule has 0 fully saturated rings. The molecule has 0 saturated heterocycles. The monoisotopic (exact) mass is 531 g/mol. The van der Waals surface area contributed by atoms with E-state index in [0.29, 0.717) is 18.1 Å². The van der Waals surface area contributed by atoms with Crippen molar-refractivity contribution < 1.29 is 19.1 Å². The number of nitrogen functional groups attached to an aromatic ring is 1. The Morgan fingerprint density at radius 1 is 1.03 bits per heavy atom. The van der Waals surface area contributed by atoms with E-state index in [1.165, 1.54) is 31.4 Å². The van der Waals surface area contributed by atoms with E-state index >= 15 is 0 Å². The molecule has 11 nitrogen and oxygen atoms in total. The van der Waals surface area contributed by atoms with Gasteiger partial charge in [0.1, 0.15) is 12.3 Å². The third kappa shape index (κ3) is 8.52. The first kappa shape index (κ1) is 29.7. The summed E-state index contributed by atoms with van der Waals surface area (Å²) in [5.41, 5.74) is 7.44. The number of benzene rings is 1. The fraction of sp³-hybridized carbons (Fsp3) is 0.480. The Labute approximate surface area is 223 Å². The minimum absolute atomic E-state index is 0.0306. The van der Waals surface area contributed by atoms with E-state index in [4.69, 9.17) is 10.5 Å². The molecule has 1 heterocycles. The van der Waals surface area contributed by atoms with Crippen LogP contribution < -0.4 is 15.5 Å². The van der Waals surface area contributed by atoms with E-state index in [1.54, 1.807) is 21.1 Å². The molecule has 0 aliphatic carbocycles. The van der Waals surface area contributed by atoms with Gasteiger partial charge in [-0.15, -0.1) is 0 Å². The van der Waals surface area contributed by atoms with E-state index in [-0.39, 0.29) is 37.0 Å². The summed E-state index contributed by atoms with van der Waals surface area (Å²) in [6, 6.07) is 9.03. The maximum absolute atomic E-state index is 13.3. The summed E-state index contributed by atoms with van der Waals surface area (Å²) in [4.78, 5) is 52.0. The Hall–Kier alpha value is -3.54. The molecular formula is C25H37N7O4S. The normalized spacial score (nSPS) is 10.5. The van der Waals surface area contributed by atoms with Crippen molar-refractivity contribution in [2.75, 3.05) is 62.1 Å². The van der Waals surface area contributed by atoms with Gasteiger partial charge in [0, 0.05) is 33.4 Å². The Morgan fingerprint density at radius 3 is 2.35 bits per heavy atom. The van der Waals surface area contributed by atoms with Crippen molar-refractivity contribution >= 4 is 47.6 Å². The van der Waals surface area contributed by atoms with Crippen LogP contribution in [-0.2, 0) is 16.1 Å². The molecule has 2 rings (SSSR count). The molecule has 37 heavy (non-hydrogen) atoms. The molecule has 0 saturated carbocycles. The van der Waals surface area contributed by atoms with Crippen LogP contribution in [0.1, 0.15) is 32.3 Å². The van der Waals surface area contributed by atoms with Gasteiger partial charge in [-0.1, -0.05) is 55.9 Å². The van der Waals surface area contributed by atoms with Gasteiger partial charge in [-0.2, -0.15) is 0 Å². The summed E-state index contributed by atoms with van der Waals surface area (Å²) in [6.07, 6.45) is 1.95. The average Bonchev–Trinajstić information content (AvgIpc) is 2.89. The van der Waals surface area contributed by atoms with E-state index in [1.807, 2.05) is 44.2 Å². The number of carbonyl (C=O) groups excluding carboxylic acids is 3. The maximum Gasteiger partial charge on any atom is 0.409 e. The van der Waals surface area contributed by atoms with Gasteiger partial charge in [-0.25, -0.2) is 19.6 Å². The lowest BCUT2D eigenvalue weighted by Crippen LogP contribution is -2.42. The number of aromatic nitrogens is 2. The lowest BCUT2D eigenvalue weighted by Gasteiger charge is -2.29. The highest BCUT2D eigenvalue weighted by Gasteiger charge is 2.27. The number of hydrogen-bond acceptors (Lipinski definition) is 8. The van der Waals surface area contributed by atoms with Crippen molar-refractivity contribution in [2.24, 2.45) is 0 Å². The number of anilines is 3. The summed E-state index contributed by atoms with van der Waals surface area (Å²) < 4.78 is 5.25. The van der Waals surface area contributed by atoms with Crippen LogP contribution in [0.25, 0.3) is 0 Å². The van der Waals surface area contributed by atoms with Crippen molar-refractivity contribution in [3.63, 3.8) is 0 Å². The molecule has 0 aliphatic heterocycles. The van der Waals surface area contributed by atoms with Crippen LogP contribution in [0.5, 0.6) is 0 Å². The van der Waals surface area contributed by atoms with Crippen molar-refractivity contribution in [1.29, 1.82) is 0 Å². The molecule has 0 atom stereocenters. The predicted molar refractivity (Wildman–Crippen MR) is 147 cm³/mol. The van der Waals surface area contributed by atoms with Crippen LogP contribution in [0.15, 0.2) is 35.5 Å². The second-order valence-electron chi connectivity index (χ2n) is 8.43. The summed E-state index contributed by atoms with van der Waals surface area (Å²) in [6.45, 7) is 5.03. The highest BCUT2D eigenvalue weighted by Crippen LogP contribution is 2.34. The molecule has 0 aliphatic rings. The zero-order valence-corrected chi connectivity index (χ0v) is 23.0. The first-order valence-electron chi connectivity index (χ1n) is 12.2. The molecule has 202 valence electrons. The number of urea groups is 1. The highest BCUT2D eigenvalue weighted by molar-refractivity contribution is 7.99. The van der Waals surface area contributed by atoms with Gasteiger partial charge in [-0.05, 0) is 18.4 Å². The van der Waals surface area contributed by atoms with Gasteiger partial charge in [0.05, 0.1) is 13.1 Å². The number of likely N-dealkylation sites (N-methyl/N-ethyl adjacent to an activating group) is 1. The second-order valence-corrected chi connectivity index (χ2v) is 9.49. The molecule has 12 heteroatoms. The molecule has 2 N–H and O–H groups in total. The zero-order valence-electron chi connectivity index (χ0n) is 22.2. The van der Waals surface area contributed by atoms with Crippen LogP contribution in [0.2, 0.25) is 0 Å². The average molecular weight is 532 g/mol. The number of nitrogens with two attached hydrogens (primary N) is 1. The quantitative estimate of drug-likeness (QED) is 0.236. The Balaban J connectivity index is 2.28. The summed E-state index contributed by atoms with van der Waals surface area (Å²) in [7, 11) is 4.80. The van der Waals surface area contributed by atoms with E-state index in [2.05, 4.69) is 9.97 Å². The number of thioether (sulfide) groups is 1. The van der Waals surface area contributed by atoms with Gasteiger partial charge in [0.2, 0.25) is 6.41 Å². The van der Waals surface area contributed by atoms with Crippen molar-refractivity contribution in [1.82, 2.24) is 19.8 Å². The molecule has 0 bridgehead atoms. The van der Waals surface area contributed by atoms with Crippen LogP contribution >= 0.6 is 11.8 Å². The largest absolute Gasteiger partial charge is 0.448 e. The number of nitrogens with zero attached hydrogens (tertiary/aromatic N) is 6. The fourth-order valence-corrected chi connectivity index (χ4v) is 4.12. The molecule has 0 unspecified atom stereocenters. The molecule has 1 aromatic carbocycles. The van der Waals surface area contributed by atoms with E-state index in [0.717, 1.165) is 24.2 Å². The van der Waals surface area contributed by atoms with Gasteiger partial charge in [0.25, 0.3) is 0 Å². The lowest BCUT2D eigenvalue weighted by molar-refractivity contribution is -0.107. The highest BCUT2D eigenvalue weighted by atomic mass is 32.2. The Kier molecular flexibility index (Phi) is 11.9. The van der Waals surface area contributed by atoms with Gasteiger partial charge < -0.3 is 20.3 Å². The number of ether oxygens (including phenoxy) is 1. The molecular weight excluding hydrogens is 494 g/mol. The molecule has 0 spiro atoms. The first-order valence-corrected chi connectivity index (χ1v) is 13.1. The van der Waals surface area contributed by atoms with Crippen LogP contribution in [-0.4, -0.2) is 84.9 Å². The molecule has 4 amide bonds. The Morgan fingerprint density at radius 2 is 1.73 bits per heavy atom. The Bertz CT molecular complexity index is 1040. The van der Waals surface area contributed by atoms with Gasteiger partial charge in [-0.3, -0.25) is 14.6 Å². The smallest absolute Gasteiger partial charge is 0.409 e. The number of rotatable bonds is 13. The van der Waals surface area contributed by atoms with Gasteiger partial charge in [0.15, 0.2) is 16.8 Å². The summed E-state index contributed by atoms with van der Waals surface area (Å²) in [5, 5.41) is 0.426. The third-order valence-electron chi connectivity index (χ3n) is 5.37. The minimum atomic E-state index is -0.446. The predicted octanol–water partition coefficient (Wildman–Crippen LogP) is 3.69. The second kappa shape index (κ2) is 14.9.